The van der Waals surface area contributed by atoms with E-state index in [9.17, 15) is 0 Å². The molecule has 0 saturated heterocycles. The Morgan fingerprint density at radius 1 is 0.250 bits per heavy atom. The first kappa shape index (κ1) is 74.0. The molecule has 0 aliphatic heterocycles. The standard InChI is InChI=1S/2C17H28.3C8H18.3C6H14/c2*1-11-15(12-5-2-6-12)17(14-9-4-10-14)16(11)13-7-3-8-13;3*1-5-8(4,6-2)7-3;3*1-4-6(3)5-2/h2*11-17H,2-10H2,1H3;3*5-7H2,1-4H3;3*6H,4-5H2,1-3H3. The molecule has 0 N–H and O–H groups in total. The van der Waals surface area contributed by atoms with Gasteiger partial charge in [-0.05, 0) is 117 Å². The van der Waals surface area contributed by atoms with E-state index in [1.54, 1.807) is 116 Å². The Balaban J connectivity index is 0.000000456. The zero-order valence-corrected chi connectivity index (χ0v) is 57.6. The van der Waals surface area contributed by atoms with Crippen molar-refractivity contribution in [2.45, 2.75) is 371 Å². The Bertz CT molecular complexity index is 1110. The first-order chi connectivity index (χ1) is 36.2. The second-order valence-corrected chi connectivity index (χ2v) is 29.7. The Morgan fingerprint density at radius 3 is 0.447 bits per heavy atom. The summed E-state index contributed by atoms with van der Waals surface area (Å²) in [6, 6.07) is 0. The third-order valence-corrected chi connectivity index (χ3v) is 26.2. The fourth-order valence-corrected chi connectivity index (χ4v) is 14.4. The largest absolute Gasteiger partial charge is 0.0651 e. The van der Waals surface area contributed by atoms with Crippen LogP contribution in [-0.2, 0) is 0 Å². The summed E-state index contributed by atoms with van der Waals surface area (Å²) in [5.74, 6) is 19.0. The van der Waals surface area contributed by atoms with Crippen molar-refractivity contribution in [2.24, 2.45) is 117 Å². The van der Waals surface area contributed by atoms with Crippen molar-refractivity contribution in [3.05, 3.63) is 0 Å². The van der Waals surface area contributed by atoms with E-state index in [1.807, 2.05) is 0 Å². The van der Waals surface area contributed by atoms with Crippen LogP contribution in [0.2, 0.25) is 0 Å². The molecule has 0 aromatic heterocycles. The molecule has 8 rings (SSSR count). The molecule has 0 radical (unpaired) electrons. The van der Waals surface area contributed by atoms with Crippen LogP contribution in [0.15, 0.2) is 0 Å². The normalized spacial score (nSPS) is 27.6. The van der Waals surface area contributed by atoms with Crippen LogP contribution in [0, 0.1) is 117 Å². The van der Waals surface area contributed by atoms with Crippen molar-refractivity contribution in [3.8, 4) is 0 Å². The highest BCUT2D eigenvalue weighted by Crippen LogP contribution is 2.66. The maximum absolute atomic E-state index is 2.61. The second-order valence-electron chi connectivity index (χ2n) is 29.7. The van der Waals surface area contributed by atoms with E-state index in [0.717, 1.165) is 53.3 Å². The molecular weight excluding hydrogens is 913 g/mol. The maximum atomic E-state index is 2.61. The zero-order valence-electron chi connectivity index (χ0n) is 57.6. The molecule has 0 nitrogen and oxygen atoms in total. The quantitative estimate of drug-likeness (QED) is 0.107. The van der Waals surface area contributed by atoms with E-state index in [1.165, 1.54) is 144 Å². The molecule has 0 aromatic carbocycles. The van der Waals surface area contributed by atoms with Gasteiger partial charge in [-0.1, -0.05) is 371 Å². The molecule has 8 fully saturated rings. The Morgan fingerprint density at radius 2 is 0.382 bits per heavy atom. The summed E-state index contributed by atoms with van der Waals surface area (Å²) in [7, 11) is 0. The molecule has 8 aliphatic rings. The van der Waals surface area contributed by atoms with Gasteiger partial charge in [0.15, 0.2) is 0 Å². The van der Waals surface area contributed by atoms with Gasteiger partial charge < -0.3 is 0 Å². The molecular formula is C76H152. The van der Waals surface area contributed by atoms with Gasteiger partial charge in [-0.3, -0.25) is 0 Å². The fraction of sp³-hybridized carbons (Fsp3) is 1.00. The molecule has 0 aromatic rings. The van der Waals surface area contributed by atoms with Crippen molar-refractivity contribution in [3.63, 3.8) is 0 Å². The van der Waals surface area contributed by atoms with Crippen molar-refractivity contribution < 1.29 is 0 Å². The summed E-state index contributed by atoms with van der Waals surface area (Å²) >= 11 is 0. The van der Waals surface area contributed by atoms with Crippen molar-refractivity contribution in [2.75, 3.05) is 0 Å². The van der Waals surface area contributed by atoms with E-state index < -0.39 is 0 Å². The Labute approximate surface area is 485 Å². The molecule has 0 bridgehead atoms. The SMILES string of the molecule is CC1C(C2CCC2)C(C2CCC2)C1C1CCC1.CC1C(C2CCC2)C(C2CCC2)C1C1CCC1.CCC(C)(CC)CC.CCC(C)(CC)CC.CCC(C)(CC)CC.CCC(C)CC.CCC(C)CC.CCC(C)CC. The molecule has 4 atom stereocenters. The summed E-state index contributed by atoms with van der Waals surface area (Å²) in [5.41, 5.74) is 1.88. The van der Waals surface area contributed by atoms with Gasteiger partial charge in [0.25, 0.3) is 0 Å². The van der Waals surface area contributed by atoms with E-state index in [0.29, 0.717) is 16.2 Å². The molecule has 0 heteroatoms. The lowest BCUT2D eigenvalue weighted by Crippen LogP contribution is -2.57. The van der Waals surface area contributed by atoms with Crippen LogP contribution in [-0.4, -0.2) is 0 Å². The van der Waals surface area contributed by atoms with Crippen LogP contribution < -0.4 is 0 Å². The Kier molecular flexibility index (Phi) is 38.4. The molecule has 0 spiro atoms. The fourth-order valence-electron chi connectivity index (χ4n) is 14.4. The summed E-state index contributed by atoms with van der Waals surface area (Å²) < 4.78 is 0. The summed E-state index contributed by atoms with van der Waals surface area (Å²) in [5, 5.41) is 0. The highest BCUT2D eigenvalue weighted by Gasteiger charge is 2.59. The van der Waals surface area contributed by atoms with Gasteiger partial charge in [-0.25, -0.2) is 0 Å². The average Bonchev–Trinajstić information content (AvgIpc) is 3.38. The topological polar surface area (TPSA) is 0 Å². The highest BCUT2D eigenvalue weighted by molar-refractivity contribution is 5.07. The predicted octanol–water partition coefficient (Wildman–Crippen LogP) is 26.8. The molecule has 8 aliphatic carbocycles. The van der Waals surface area contributed by atoms with Gasteiger partial charge in [0.1, 0.15) is 0 Å². The van der Waals surface area contributed by atoms with Crippen LogP contribution >= 0.6 is 0 Å². The van der Waals surface area contributed by atoms with Crippen LogP contribution in [0.5, 0.6) is 0 Å². The van der Waals surface area contributed by atoms with Crippen LogP contribution in [0.1, 0.15) is 371 Å². The summed E-state index contributed by atoms with van der Waals surface area (Å²) in [6.45, 7) is 52.9. The van der Waals surface area contributed by atoms with E-state index in [4.69, 9.17) is 0 Å². The van der Waals surface area contributed by atoms with Crippen molar-refractivity contribution >= 4 is 0 Å². The lowest BCUT2D eigenvalue weighted by Gasteiger charge is -2.64. The Hall–Kier alpha value is 0. The lowest BCUT2D eigenvalue weighted by molar-refractivity contribution is -0.153. The van der Waals surface area contributed by atoms with Gasteiger partial charge in [-0.15, -0.1) is 0 Å². The van der Waals surface area contributed by atoms with Crippen LogP contribution in [0.25, 0.3) is 0 Å². The highest BCUT2D eigenvalue weighted by atomic mass is 14.6. The molecule has 456 valence electrons. The van der Waals surface area contributed by atoms with Crippen LogP contribution in [0.4, 0.5) is 0 Å². The minimum atomic E-state index is 0.625. The zero-order chi connectivity index (χ0) is 57.6. The molecule has 0 heterocycles. The second kappa shape index (κ2) is 39.5. The van der Waals surface area contributed by atoms with E-state index >= 15 is 0 Å². The predicted molar refractivity (Wildman–Crippen MR) is 349 cm³/mol. The molecule has 76 heavy (non-hydrogen) atoms. The smallest absolute Gasteiger partial charge is 0.0318 e. The first-order valence-electron chi connectivity index (χ1n) is 36.2. The molecule has 0 amide bonds. The van der Waals surface area contributed by atoms with Gasteiger partial charge in [0, 0.05) is 0 Å². The average molecular weight is 1070 g/mol. The first-order valence-corrected chi connectivity index (χ1v) is 36.2. The lowest BCUT2D eigenvalue weighted by atomic mass is 9.41. The molecule has 8 saturated carbocycles. The number of rotatable bonds is 21. The monoisotopic (exact) mass is 1070 g/mol. The third kappa shape index (κ3) is 23.0. The van der Waals surface area contributed by atoms with Gasteiger partial charge in [0.2, 0.25) is 0 Å². The minimum Gasteiger partial charge on any atom is -0.0651 e. The number of hydrogen-bond donors (Lipinski definition) is 0. The summed E-state index contributed by atoms with van der Waals surface area (Å²) in [6.07, 6.45) is 48.1. The van der Waals surface area contributed by atoms with E-state index in [2.05, 4.69) is 159 Å². The van der Waals surface area contributed by atoms with Crippen molar-refractivity contribution in [1.82, 2.24) is 0 Å². The van der Waals surface area contributed by atoms with Gasteiger partial charge in [-0.2, -0.15) is 0 Å². The maximum Gasteiger partial charge on any atom is -0.0318 e. The molecule has 4 unspecified atom stereocenters. The van der Waals surface area contributed by atoms with Crippen LogP contribution in [0.3, 0.4) is 0 Å². The number of hydrogen-bond acceptors (Lipinski definition) is 0. The summed E-state index contributed by atoms with van der Waals surface area (Å²) in [4.78, 5) is 0. The van der Waals surface area contributed by atoms with Gasteiger partial charge >= 0.3 is 0 Å². The third-order valence-electron chi connectivity index (χ3n) is 26.2. The van der Waals surface area contributed by atoms with Gasteiger partial charge in [0.05, 0.1) is 0 Å². The minimum absolute atomic E-state index is 0.625. The van der Waals surface area contributed by atoms with E-state index in [-0.39, 0.29) is 0 Å². The van der Waals surface area contributed by atoms with Crippen molar-refractivity contribution in [1.29, 1.82) is 0 Å².